The zero-order valence-electron chi connectivity index (χ0n) is 10.8. The third-order valence-corrected chi connectivity index (χ3v) is 3.67. The van der Waals surface area contributed by atoms with E-state index >= 15 is 0 Å². The van der Waals surface area contributed by atoms with Crippen LogP contribution in [0.2, 0.25) is 0 Å². The van der Waals surface area contributed by atoms with Crippen LogP contribution < -0.4 is 5.32 Å². The minimum absolute atomic E-state index is 0.0648. The van der Waals surface area contributed by atoms with Crippen molar-refractivity contribution in [1.29, 1.82) is 0 Å². The zero-order valence-corrected chi connectivity index (χ0v) is 11.7. The Morgan fingerprint density at radius 2 is 2.12 bits per heavy atom. The Balaban J connectivity index is 2.56. The van der Waals surface area contributed by atoms with Crippen LogP contribution in [-0.4, -0.2) is 36.2 Å². The summed E-state index contributed by atoms with van der Waals surface area (Å²) < 4.78 is 24.2. The maximum Gasteiger partial charge on any atom is 0.148 e. The Morgan fingerprint density at radius 3 is 2.59 bits per heavy atom. The van der Waals surface area contributed by atoms with Gasteiger partial charge in [0, 0.05) is 36.6 Å². The number of aromatic nitrogens is 2. The Morgan fingerprint density at radius 1 is 1.47 bits per heavy atom. The van der Waals surface area contributed by atoms with Gasteiger partial charge < -0.3 is 5.32 Å². The molecule has 0 aromatic carbocycles. The first kappa shape index (κ1) is 14.2. The molecule has 2 unspecified atom stereocenters. The van der Waals surface area contributed by atoms with E-state index in [0.717, 1.165) is 12.1 Å². The van der Waals surface area contributed by atoms with Gasteiger partial charge in [-0.3, -0.25) is 4.68 Å². The molecule has 1 rings (SSSR count). The third-order valence-electron chi connectivity index (χ3n) is 2.56. The minimum atomic E-state index is -2.93. The first-order valence-electron chi connectivity index (χ1n) is 5.78. The van der Waals surface area contributed by atoms with Gasteiger partial charge in [0.15, 0.2) is 0 Å². The van der Waals surface area contributed by atoms with Crippen LogP contribution in [0.25, 0.3) is 0 Å². The molecule has 0 saturated carbocycles. The van der Waals surface area contributed by atoms with Gasteiger partial charge in [0.25, 0.3) is 0 Å². The van der Waals surface area contributed by atoms with E-state index in [2.05, 4.69) is 10.4 Å². The first-order chi connectivity index (χ1) is 7.81. The number of hydrogen-bond acceptors (Lipinski definition) is 4. The number of sulfone groups is 1. The number of rotatable bonds is 6. The average Bonchev–Trinajstić information content (AvgIpc) is 2.62. The fourth-order valence-corrected chi connectivity index (χ4v) is 2.81. The van der Waals surface area contributed by atoms with E-state index in [-0.39, 0.29) is 17.8 Å². The van der Waals surface area contributed by atoms with Crippen molar-refractivity contribution in [2.45, 2.75) is 39.4 Å². The van der Waals surface area contributed by atoms with Crippen LogP contribution >= 0.6 is 0 Å². The highest BCUT2D eigenvalue weighted by Crippen LogP contribution is 2.12. The molecule has 0 aliphatic rings. The molecule has 0 saturated heterocycles. The number of nitrogens with one attached hydrogen (secondary N) is 1. The molecule has 0 radical (unpaired) electrons. The maximum atomic E-state index is 11.2. The second-order valence-electron chi connectivity index (χ2n) is 4.51. The molecule has 5 nitrogen and oxygen atoms in total. The molecule has 17 heavy (non-hydrogen) atoms. The number of nitrogens with zero attached hydrogens (tertiary/aromatic N) is 2. The van der Waals surface area contributed by atoms with Gasteiger partial charge in [-0.05, 0) is 20.8 Å². The van der Waals surface area contributed by atoms with Crippen molar-refractivity contribution in [3.05, 3.63) is 18.0 Å². The lowest BCUT2D eigenvalue weighted by atomic mass is 10.2. The summed E-state index contributed by atoms with van der Waals surface area (Å²) in [5.74, 6) is 0.152. The lowest BCUT2D eigenvalue weighted by Gasteiger charge is -2.18. The molecule has 0 amide bonds. The summed E-state index contributed by atoms with van der Waals surface area (Å²) in [6, 6.07) is 0.0389. The highest BCUT2D eigenvalue weighted by molar-refractivity contribution is 7.90. The monoisotopic (exact) mass is 259 g/mol. The molecule has 0 aliphatic carbocycles. The molecule has 6 heteroatoms. The summed E-state index contributed by atoms with van der Waals surface area (Å²) >= 11 is 0. The summed E-state index contributed by atoms with van der Waals surface area (Å²) in [4.78, 5) is 0. The molecule has 1 N–H and O–H groups in total. The highest BCUT2D eigenvalue weighted by atomic mass is 32.2. The van der Waals surface area contributed by atoms with Gasteiger partial charge in [0.1, 0.15) is 9.84 Å². The molecule has 98 valence electrons. The number of hydrogen-bond donors (Lipinski definition) is 1. The van der Waals surface area contributed by atoms with E-state index in [9.17, 15) is 8.42 Å². The van der Waals surface area contributed by atoms with Crippen molar-refractivity contribution in [3.8, 4) is 0 Å². The van der Waals surface area contributed by atoms with Crippen molar-refractivity contribution in [3.63, 3.8) is 0 Å². The predicted molar refractivity (Wildman–Crippen MR) is 68.6 cm³/mol. The van der Waals surface area contributed by atoms with Gasteiger partial charge in [0.2, 0.25) is 0 Å². The fraction of sp³-hybridized carbons (Fsp3) is 0.727. The minimum Gasteiger partial charge on any atom is -0.307 e. The SMILES string of the molecule is CCn1cc(C(C)NC(C)CS(C)(=O)=O)cn1. The Kier molecular flexibility index (Phi) is 4.70. The van der Waals surface area contributed by atoms with Gasteiger partial charge in [-0.1, -0.05) is 0 Å². The van der Waals surface area contributed by atoms with Crippen LogP contribution in [0.5, 0.6) is 0 Å². The molecule has 0 spiro atoms. The van der Waals surface area contributed by atoms with Crippen LogP contribution in [0.4, 0.5) is 0 Å². The van der Waals surface area contributed by atoms with E-state index in [0.29, 0.717) is 0 Å². The van der Waals surface area contributed by atoms with E-state index in [1.807, 2.05) is 37.8 Å². The second-order valence-corrected chi connectivity index (χ2v) is 6.70. The largest absolute Gasteiger partial charge is 0.307 e. The van der Waals surface area contributed by atoms with E-state index in [1.165, 1.54) is 6.26 Å². The standard InChI is InChI=1S/C11H21N3O2S/c1-5-14-7-11(6-12-14)10(3)13-9(2)8-17(4,15)16/h6-7,9-10,13H,5,8H2,1-4H3. The maximum absolute atomic E-state index is 11.2. The summed E-state index contributed by atoms with van der Waals surface area (Å²) in [5, 5.41) is 7.45. The highest BCUT2D eigenvalue weighted by Gasteiger charge is 2.14. The smallest absolute Gasteiger partial charge is 0.148 e. The summed E-state index contributed by atoms with van der Waals surface area (Å²) in [6.45, 7) is 6.75. The first-order valence-corrected chi connectivity index (χ1v) is 7.84. The molecule has 0 bridgehead atoms. The molecular formula is C11H21N3O2S. The quantitative estimate of drug-likeness (QED) is 0.827. The lowest BCUT2D eigenvalue weighted by molar-refractivity contribution is 0.500. The Hall–Kier alpha value is -0.880. The average molecular weight is 259 g/mol. The summed E-state index contributed by atoms with van der Waals surface area (Å²) in [5.41, 5.74) is 1.08. The van der Waals surface area contributed by atoms with Crippen LogP contribution in [0.3, 0.4) is 0 Å². The van der Waals surface area contributed by atoms with Gasteiger partial charge in [0.05, 0.1) is 11.9 Å². The van der Waals surface area contributed by atoms with Crippen LogP contribution in [0.15, 0.2) is 12.4 Å². The third kappa shape index (κ3) is 4.87. The Bertz CT molecular complexity index is 453. The van der Waals surface area contributed by atoms with E-state index in [1.54, 1.807) is 0 Å². The van der Waals surface area contributed by atoms with Crippen LogP contribution in [-0.2, 0) is 16.4 Å². The van der Waals surface area contributed by atoms with Gasteiger partial charge >= 0.3 is 0 Å². The van der Waals surface area contributed by atoms with Crippen molar-refractivity contribution >= 4 is 9.84 Å². The van der Waals surface area contributed by atoms with Crippen LogP contribution in [0.1, 0.15) is 32.4 Å². The predicted octanol–water partition coefficient (Wildman–Crippen LogP) is 0.987. The topological polar surface area (TPSA) is 64.0 Å². The van der Waals surface area contributed by atoms with Gasteiger partial charge in [-0.15, -0.1) is 0 Å². The van der Waals surface area contributed by atoms with Gasteiger partial charge in [-0.25, -0.2) is 8.42 Å². The van der Waals surface area contributed by atoms with Crippen molar-refractivity contribution in [1.82, 2.24) is 15.1 Å². The van der Waals surface area contributed by atoms with E-state index < -0.39 is 9.84 Å². The van der Waals surface area contributed by atoms with Crippen molar-refractivity contribution in [2.24, 2.45) is 0 Å². The Labute approximate surface area is 103 Å². The fourth-order valence-electron chi connectivity index (χ4n) is 1.80. The number of aryl methyl sites for hydroxylation is 1. The molecule has 0 fully saturated rings. The lowest BCUT2D eigenvalue weighted by Crippen LogP contribution is -2.34. The second kappa shape index (κ2) is 5.64. The molecule has 2 atom stereocenters. The van der Waals surface area contributed by atoms with Gasteiger partial charge in [-0.2, -0.15) is 5.10 Å². The normalized spacial score (nSPS) is 15.8. The molecule has 1 aromatic heterocycles. The van der Waals surface area contributed by atoms with E-state index in [4.69, 9.17) is 0 Å². The molecule has 1 heterocycles. The van der Waals surface area contributed by atoms with Crippen molar-refractivity contribution in [2.75, 3.05) is 12.0 Å². The molecule has 1 aromatic rings. The summed E-state index contributed by atoms with van der Waals surface area (Å²) in [6.07, 6.45) is 5.05. The van der Waals surface area contributed by atoms with Crippen molar-refractivity contribution < 1.29 is 8.42 Å². The zero-order chi connectivity index (χ0) is 13.1. The van der Waals surface area contributed by atoms with Crippen LogP contribution in [0, 0.1) is 0 Å². The molecule has 0 aliphatic heterocycles. The molecular weight excluding hydrogens is 238 g/mol. The summed E-state index contributed by atoms with van der Waals surface area (Å²) in [7, 11) is -2.93.